The lowest BCUT2D eigenvalue weighted by Gasteiger charge is -1.95. The summed E-state index contributed by atoms with van der Waals surface area (Å²) in [5, 5.41) is 15.1. The number of nitrogens with one attached hydrogen (secondary N) is 1. The SMILES string of the molecule is OCCCCCc1cn[nH]c1. The first-order valence-corrected chi connectivity index (χ1v) is 4.02. The van der Waals surface area contributed by atoms with E-state index in [4.69, 9.17) is 5.11 Å². The summed E-state index contributed by atoms with van der Waals surface area (Å²) in [5.41, 5.74) is 1.25. The van der Waals surface area contributed by atoms with Crippen LogP contribution in [0.3, 0.4) is 0 Å². The second kappa shape index (κ2) is 4.91. The summed E-state index contributed by atoms with van der Waals surface area (Å²) in [6.45, 7) is 0.311. The third kappa shape index (κ3) is 3.18. The highest BCUT2D eigenvalue weighted by atomic mass is 16.2. The Bertz CT molecular complexity index is 172. The van der Waals surface area contributed by atoms with Gasteiger partial charge in [-0.15, -0.1) is 0 Å². The van der Waals surface area contributed by atoms with Gasteiger partial charge in [0.25, 0.3) is 0 Å². The maximum absolute atomic E-state index is 8.50. The van der Waals surface area contributed by atoms with E-state index in [1.54, 1.807) is 0 Å². The predicted molar refractivity (Wildman–Crippen MR) is 43.2 cm³/mol. The minimum absolute atomic E-state index is 0.311. The van der Waals surface area contributed by atoms with Crippen molar-refractivity contribution in [3.63, 3.8) is 0 Å². The molecular formula is C8H14N2O. The highest BCUT2D eigenvalue weighted by Gasteiger charge is 1.92. The van der Waals surface area contributed by atoms with Crippen molar-refractivity contribution >= 4 is 0 Å². The Morgan fingerprint density at radius 2 is 2.27 bits per heavy atom. The Labute approximate surface area is 66.4 Å². The van der Waals surface area contributed by atoms with Gasteiger partial charge in [0.2, 0.25) is 0 Å². The maximum atomic E-state index is 8.50. The van der Waals surface area contributed by atoms with Crippen LogP contribution in [0, 0.1) is 0 Å². The Kier molecular flexibility index (Phi) is 3.69. The van der Waals surface area contributed by atoms with Crippen molar-refractivity contribution in [2.75, 3.05) is 6.61 Å². The summed E-state index contributed by atoms with van der Waals surface area (Å²) in [6.07, 6.45) is 7.98. The summed E-state index contributed by atoms with van der Waals surface area (Å²) >= 11 is 0. The van der Waals surface area contributed by atoms with Crippen molar-refractivity contribution in [2.24, 2.45) is 0 Å². The third-order valence-electron chi connectivity index (χ3n) is 1.68. The van der Waals surface area contributed by atoms with E-state index in [2.05, 4.69) is 10.2 Å². The van der Waals surface area contributed by atoms with E-state index in [0.29, 0.717) is 6.61 Å². The van der Waals surface area contributed by atoms with E-state index >= 15 is 0 Å². The first-order valence-electron chi connectivity index (χ1n) is 4.02. The van der Waals surface area contributed by atoms with Crippen LogP contribution >= 0.6 is 0 Å². The third-order valence-corrected chi connectivity index (χ3v) is 1.68. The lowest BCUT2D eigenvalue weighted by molar-refractivity contribution is 0.283. The van der Waals surface area contributed by atoms with Crippen LogP contribution in [0.5, 0.6) is 0 Å². The molecule has 0 unspecified atom stereocenters. The molecule has 0 aliphatic heterocycles. The number of aliphatic hydroxyl groups is 1. The van der Waals surface area contributed by atoms with Crippen LogP contribution in [0.1, 0.15) is 24.8 Å². The van der Waals surface area contributed by atoms with Crippen LogP contribution in [0.25, 0.3) is 0 Å². The highest BCUT2D eigenvalue weighted by molar-refractivity contribution is 5.01. The molecule has 0 bridgehead atoms. The zero-order valence-electron chi connectivity index (χ0n) is 6.58. The molecule has 1 aromatic rings. The fourth-order valence-corrected chi connectivity index (χ4v) is 1.03. The molecule has 0 aromatic carbocycles. The van der Waals surface area contributed by atoms with E-state index in [0.717, 1.165) is 25.7 Å². The van der Waals surface area contributed by atoms with E-state index in [1.807, 2.05) is 12.4 Å². The molecule has 3 heteroatoms. The molecule has 11 heavy (non-hydrogen) atoms. The number of hydrogen-bond donors (Lipinski definition) is 2. The molecule has 0 aliphatic rings. The van der Waals surface area contributed by atoms with Gasteiger partial charge in [-0.3, -0.25) is 5.10 Å². The highest BCUT2D eigenvalue weighted by Crippen LogP contribution is 2.03. The van der Waals surface area contributed by atoms with Gasteiger partial charge in [0, 0.05) is 12.8 Å². The molecule has 0 aliphatic carbocycles. The number of unbranched alkanes of at least 4 members (excludes halogenated alkanes) is 2. The average Bonchev–Trinajstić information content (AvgIpc) is 2.50. The molecule has 0 amide bonds. The normalized spacial score (nSPS) is 10.3. The van der Waals surface area contributed by atoms with Crippen LogP contribution in [0.2, 0.25) is 0 Å². The van der Waals surface area contributed by atoms with Crippen LogP contribution in [-0.2, 0) is 6.42 Å². The number of aliphatic hydroxyl groups excluding tert-OH is 1. The molecule has 0 atom stereocenters. The second-order valence-corrected chi connectivity index (χ2v) is 2.64. The van der Waals surface area contributed by atoms with Gasteiger partial charge >= 0.3 is 0 Å². The van der Waals surface area contributed by atoms with Gasteiger partial charge in [0.15, 0.2) is 0 Å². The minimum atomic E-state index is 0.311. The van der Waals surface area contributed by atoms with Crippen molar-refractivity contribution in [1.82, 2.24) is 10.2 Å². The summed E-state index contributed by atoms with van der Waals surface area (Å²) in [4.78, 5) is 0. The summed E-state index contributed by atoms with van der Waals surface area (Å²) < 4.78 is 0. The quantitative estimate of drug-likeness (QED) is 0.624. The van der Waals surface area contributed by atoms with Crippen molar-refractivity contribution in [3.05, 3.63) is 18.0 Å². The van der Waals surface area contributed by atoms with Gasteiger partial charge in [-0.25, -0.2) is 0 Å². The number of hydrogen-bond acceptors (Lipinski definition) is 2. The smallest absolute Gasteiger partial charge is 0.0519 e. The zero-order chi connectivity index (χ0) is 7.94. The molecular weight excluding hydrogens is 140 g/mol. The van der Waals surface area contributed by atoms with Crippen molar-refractivity contribution in [3.8, 4) is 0 Å². The first-order chi connectivity index (χ1) is 5.43. The Balaban J connectivity index is 2.04. The van der Waals surface area contributed by atoms with Crippen LogP contribution in [0.4, 0.5) is 0 Å². The van der Waals surface area contributed by atoms with Gasteiger partial charge < -0.3 is 5.11 Å². The van der Waals surface area contributed by atoms with Crippen LogP contribution < -0.4 is 0 Å². The summed E-state index contributed by atoms with van der Waals surface area (Å²) in [5.74, 6) is 0. The monoisotopic (exact) mass is 154 g/mol. The van der Waals surface area contributed by atoms with Crippen molar-refractivity contribution in [2.45, 2.75) is 25.7 Å². The van der Waals surface area contributed by atoms with E-state index in [1.165, 1.54) is 5.56 Å². The first kappa shape index (κ1) is 8.27. The maximum Gasteiger partial charge on any atom is 0.0519 e. The molecule has 1 rings (SSSR count). The van der Waals surface area contributed by atoms with Crippen LogP contribution in [-0.4, -0.2) is 21.9 Å². The standard InChI is InChI=1S/C8H14N2O/c11-5-3-1-2-4-8-6-9-10-7-8/h6-7,11H,1-5H2,(H,9,10). The number of aromatic amines is 1. The summed E-state index contributed by atoms with van der Waals surface area (Å²) in [7, 11) is 0. The topological polar surface area (TPSA) is 48.9 Å². The van der Waals surface area contributed by atoms with Gasteiger partial charge in [0.05, 0.1) is 6.20 Å². The van der Waals surface area contributed by atoms with Gasteiger partial charge in [-0.1, -0.05) is 6.42 Å². The number of aromatic nitrogens is 2. The number of nitrogens with zero attached hydrogens (tertiary/aromatic N) is 1. The Morgan fingerprint density at radius 1 is 1.36 bits per heavy atom. The van der Waals surface area contributed by atoms with E-state index < -0.39 is 0 Å². The lowest BCUT2D eigenvalue weighted by atomic mass is 10.1. The molecule has 1 aromatic heterocycles. The average molecular weight is 154 g/mol. The van der Waals surface area contributed by atoms with Crippen LogP contribution in [0.15, 0.2) is 12.4 Å². The minimum Gasteiger partial charge on any atom is -0.396 e. The molecule has 2 N–H and O–H groups in total. The van der Waals surface area contributed by atoms with Gasteiger partial charge in [0.1, 0.15) is 0 Å². The van der Waals surface area contributed by atoms with E-state index in [9.17, 15) is 0 Å². The Morgan fingerprint density at radius 3 is 2.91 bits per heavy atom. The number of rotatable bonds is 5. The predicted octanol–water partition coefficient (Wildman–Crippen LogP) is 1.11. The van der Waals surface area contributed by atoms with Crippen molar-refractivity contribution in [1.29, 1.82) is 0 Å². The molecule has 0 saturated carbocycles. The van der Waals surface area contributed by atoms with Gasteiger partial charge in [-0.05, 0) is 24.8 Å². The fraction of sp³-hybridized carbons (Fsp3) is 0.625. The van der Waals surface area contributed by atoms with E-state index in [-0.39, 0.29) is 0 Å². The molecule has 0 saturated heterocycles. The molecule has 62 valence electrons. The largest absolute Gasteiger partial charge is 0.396 e. The molecule has 1 heterocycles. The molecule has 0 radical (unpaired) electrons. The molecule has 0 spiro atoms. The zero-order valence-corrected chi connectivity index (χ0v) is 6.58. The molecule has 0 fully saturated rings. The number of aryl methyl sites for hydroxylation is 1. The second-order valence-electron chi connectivity index (χ2n) is 2.64. The summed E-state index contributed by atoms with van der Waals surface area (Å²) in [6, 6.07) is 0. The number of H-pyrrole nitrogens is 1. The van der Waals surface area contributed by atoms with Crippen molar-refractivity contribution < 1.29 is 5.11 Å². The van der Waals surface area contributed by atoms with Gasteiger partial charge in [-0.2, -0.15) is 5.10 Å². The fourth-order valence-electron chi connectivity index (χ4n) is 1.03. The Hall–Kier alpha value is -0.830. The lowest BCUT2D eigenvalue weighted by Crippen LogP contribution is -1.86. The molecule has 3 nitrogen and oxygen atoms in total.